The Balaban J connectivity index is 3.04. The van der Waals surface area contributed by atoms with Crippen molar-refractivity contribution in [2.45, 2.75) is 19.4 Å². The number of hydrogen-bond acceptors (Lipinski definition) is 5. The molecule has 1 amide bonds. The van der Waals surface area contributed by atoms with Crippen LogP contribution in [0.5, 0.6) is 11.5 Å². The minimum atomic E-state index is -0.989. The number of nitrogens with zero attached hydrogens (tertiary/aromatic N) is 1. The predicted molar refractivity (Wildman–Crippen MR) is 74.5 cm³/mol. The zero-order chi connectivity index (χ0) is 15.3. The molecular formula is C13H19N3O4. The van der Waals surface area contributed by atoms with Gasteiger partial charge >= 0.3 is 0 Å². The van der Waals surface area contributed by atoms with Crippen LogP contribution in [-0.2, 0) is 0 Å². The van der Waals surface area contributed by atoms with E-state index in [4.69, 9.17) is 20.4 Å². The Hall–Kier alpha value is -2.44. The quantitative estimate of drug-likeness (QED) is 0.322. The van der Waals surface area contributed by atoms with E-state index < -0.39 is 11.4 Å². The lowest BCUT2D eigenvalue weighted by Gasteiger charge is -2.25. The fraction of sp³-hybridized carbons (Fsp3) is 0.385. The van der Waals surface area contributed by atoms with Gasteiger partial charge < -0.3 is 25.7 Å². The highest BCUT2D eigenvalue weighted by Gasteiger charge is 2.27. The average Bonchev–Trinajstić information content (AvgIpc) is 2.44. The number of carbonyl (C=O) groups is 1. The first kappa shape index (κ1) is 15.6. The van der Waals surface area contributed by atoms with Gasteiger partial charge in [-0.2, -0.15) is 0 Å². The summed E-state index contributed by atoms with van der Waals surface area (Å²) in [5, 5.41) is 14.3. The summed E-state index contributed by atoms with van der Waals surface area (Å²) in [6.45, 7) is 3.24. The maximum atomic E-state index is 12.2. The lowest BCUT2D eigenvalue weighted by atomic mass is 10.0. The first-order chi connectivity index (χ1) is 9.35. The summed E-state index contributed by atoms with van der Waals surface area (Å²) < 4.78 is 10.2. The molecule has 1 aromatic rings. The molecule has 0 spiro atoms. The number of nitrogens with two attached hydrogens (primary N) is 1. The first-order valence-corrected chi connectivity index (χ1v) is 5.88. The van der Waals surface area contributed by atoms with Gasteiger partial charge in [0.25, 0.3) is 5.91 Å². The van der Waals surface area contributed by atoms with Crippen LogP contribution in [0.25, 0.3) is 0 Å². The number of oxime groups is 1. The molecule has 1 aromatic carbocycles. The Morgan fingerprint density at radius 2 is 2.00 bits per heavy atom. The summed E-state index contributed by atoms with van der Waals surface area (Å²) >= 11 is 0. The van der Waals surface area contributed by atoms with Crippen LogP contribution in [0, 0.1) is 0 Å². The van der Waals surface area contributed by atoms with E-state index in [1.54, 1.807) is 32.0 Å². The highest BCUT2D eigenvalue weighted by atomic mass is 16.5. The summed E-state index contributed by atoms with van der Waals surface area (Å²) in [7, 11) is 2.98. The van der Waals surface area contributed by atoms with E-state index in [1.165, 1.54) is 14.2 Å². The summed E-state index contributed by atoms with van der Waals surface area (Å²) in [6.07, 6.45) is 0. The Morgan fingerprint density at radius 1 is 1.35 bits per heavy atom. The second kappa shape index (κ2) is 6.14. The molecule has 0 unspecified atom stereocenters. The van der Waals surface area contributed by atoms with Crippen molar-refractivity contribution in [2.24, 2.45) is 10.9 Å². The number of nitrogens with one attached hydrogen (secondary N) is 1. The summed E-state index contributed by atoms with van der Waals surface area (Å²) in [4.78, 5) is 12.2. The molecule has 1 rings (SSSR count). The number of ether oxygens (including phenoxy) is 2. The van der Waals surface area contributed by atoms with Crippen molar-refractivity contribution in [3.8, 4) is 11.5 Å². The molecule has 20 heavy (non-hydrogen) atoms. The molecule has 7 nitrogen and oxygen atoms in total. The van der Waals surface area contributed by atoms with E-state index in [9.17, 15) is 4.79 Å². The summed E-state index contributed by atoms with van der Waals surface area (Å²) in [5.74, 6) is 0.450. The molecule has 0 atom stereocenters. The maximum Gasteiger partial charge on any atom is 0.255 e. The summed E-state index contributed by atoms with van der Waals surface area (Å²) in [6, 6.07) is 4.83. The van der Waals surface area contributed by atoms with Crippen LogP contribution >= 0.6 is 0 Å². The number of methoxy groups -OCH3 is 2. The third-order valence-electron chi connectivity index (χ3n) is 2.83. The predicted octanol–water partition coefficient (Wildman–Crippen LogP) is 0.959. The van der Waals surface area contributed by atoms with Gasteiger partial charge in [0.1, 0.15) is 11.5 Å². The largest absolute Gasteiger partial charge is 0.497 e. The van der Waals surface area contributed by atoms with E-state index in [-0.39, 0.29) is 5.84 Å². The van der Waals surface area contributed by atoms with Crippen LogP contribution in [0.4, 0.5) is 0 Å². The fourth-order valence-corrected chi connectivity index (χ4v) is 1.53. The number of hydrogen-bond donors (Lipinski definition) is 3. The Bertz CT molecular complexity index is 526. The molecule has 0 saturated heterocycles. The van der Waals surface area contributed by atoms with Crippen molar-refractivity contribution in [1.29, 1.82) is 0 Å². The molecule has 0 radical (unpaired) electrons. The topological polar surface area (TPSA) is 106 Å². The lowest BCUT2D eigenvalue weighted by Crippen LogP contribution is -2.53. The highest BCUT2D eigenvalue weighted by molar-refractivity contribution is 6.01. The Kier molecular flexibility index (Phi) is 4.79. The SMILES string of the molecule is COc1ccc(C(=O)NC(C)(C)/C(N)=N/O)c(OC)c1. The standard InChI is InChI=1S/C13H19N3O4/c1-13(2,12(14)16-18)15-11(17)9-6-5-8(19-3)7-10(9)20-4/h5-7,18H,1-4H3,(H2,14,16)(H,15,17). The van der Waals surface area contributed by atoms with Gasteiger partial charge in [0.15, 0.2) is 5.84 Å². The monoisotopic (exact) mass is 281 g/mol. The average molecular weight is 281 g/mol. The highest BCUT2D eigenvalue weighted by Crippen LogP contribution is 2.24. The van der Waals surface area contributed by atoms with Gasteiger partial charge in [-0.25, -0.2) is 0 Å². The first-order valence-electron chi connectivity index (χ1n) is 5.88. The molecule has 0 aromatic heterocycles. The van der Waals surface area contributed by atoms with Gasteiger partial charge in [-0.3, -0.25) is 4.79 Å². The van der Waals surface area contributed by atoms with Crippen molar-refractivity contribution in [2.75, 3.05) is 14.2 Å². The lowest BCUT2D eigenvalue weighted by molar-refractivity contribution is 0.0927. The van der Waals surface area contributed by atoms with Crippen LogP contribution in [0.1, 0.15) is 24.2 Å². The smallest absolute Gasteiger partial charge is 0.255 e. The van der Waals surface area contributed by atoms with Gasteiger partial charge in [0, 0.05) is 6.07 Å². The minimum absolute atomic E-state index is 0.0988. The van der Waals surface area contributed by atoms with Crippen molar-refractivity contribution >= 4 is 11.7 Å². The maximum absolute atomic E-state index is 12.2. The third-order valence-corrected chi connectivity index (χ3v) is 2.83. The van der Waals surface area contributed by atoms with Crippen LogP contribution < -0.4 is 20.5 Å². The number of amides is 1. The van der Waals surface area contributed by atoms with Crippen LogP contribution in [0.2, 0.25) is 0 Å². The van der Waals surface area contributed by atoms with E-state index in [2.05, 4.69) is 10.5 Å². The molecule has 110 valence electrons. The molecule has 7 heteroatoms. The van der Waals surface area contributed by atoms with Gasteiger partial charge in [0.2, 0.25) is 0 Å². The number of rotatable bonds is 5. The molecule has 4 N–H and O–H groups in total. The van der Waals surface area contributed by atoms with E-state index in [0.29, 0.717) is 17.1 Å². The minimum Gasteiger partial charge on any atom is -0.497 e. The van der Waals surface area contributed by atoms with Crippen molar-refractivity contribution in [1.82, 2.24) is 5.32 Å². The van der Waals surface area contributed by atoms with Crippen LogP contribution in [0.15, 0.2) is 23.4 Å². The van der Waals surface area contributed by atoms with Gasteiger partial charge in [-0.05, 0) is 26.0 Å². The number of amidine groups is 1. The van der Waals surface area contributed by atoms with Gasteiger partial charge in [-0.1, -0.05) is 5.16 Å². The van der Waals surface area contributed by atoms with E-state index in [1.807, 2.05) is 0 Å². The summed E-state index contributed by atoms with van der Waals surface area (Å²) in [5.41, 5.74) is 4.86. The van der Waals surface area contributed by atoms with Gasteiger partial charge in [-0.15, -0.1) is 0 Å². The molecular weight excluding hydrogens is 262 g/mol. The van der Waals surface area contributed by atoms with Crippen molar-refractivity contribution < 1.29 is 19.5 Å². The van der Waals surface area contributed by atoms with Crippen molar-refractivity contribution in [3.63, 3.8) is 0 Å². The number of carbonyl (C=O) groups excluding carboxylic acids is 1. The molecule has 0 aliphatic carbocycles. The zero-order valence-electron chi connectivity index (χ0n) is 11.9. The molecule has 0 aliphatic rings. The fourth-order valence-electron chi connectivity index (χ4n) is 1.53. The molecule has 0 bridgehead atoms. The Morgan fingerprint density at radius 3 is 2.50 bits per heavy atom. The van der Waals surface area contributed by atoms with Gasteiger partial charge in [0.05, 0.1) is 25.3 Å². The van der Waals surface area contributed by atoms with Crippen LogP contribution in [0.3, 0.4) is 0 Å². The molecule has 0 saturated carbocycles. The molecule has 0 fully saturated rings. The number of benzene rings is 1. The van der Waals surface area contributed by atoms with Crippen molar-refractivity contribution in [3.05, 3.63) is 23.8 Å². The zero-order valence-corrected chi connectivity index (χ0v) is 11.9. The third kappa shape index (κ3) is 3.31. The van der Waals surface area contributed by atoms with Crippen LogP contribution in [-0.4, -0.2) is 36.7 Å². The normalized spacial score (nSPS) is 11.9. The second-order valence-electron chi connectivity index (χ2n) is 4.63. The van der Waals surface area contributed by atoms with E-state index >= 15 is 0 Å². The molecule has 0 aliphatic heterocycles. The van der Waals surface area contributed by atoms with E-state index in [0.717, 1.165) is 0 Å². The second-order valence-corrected chi connectivity index (χ2v) is 4.63. The molecule has 0 heterocycles. The Labute approximate surface area is 117 Å².